The van der Waals surface area contributed by atoms with E-state index in [2.05, 4.69) is 33.0 Å². The van der Waals surface area contributed by atoms with E-state index in [1.165, 1.54) is 0 Å². The van der Waals surface area contributed by atoms with Crippen molar-refractivity contribution in [2.45, 2.75) is 34.1 Å². The first-order chi connectivity index (χ1) is 5.02. The summed E-state index contributed by atoms with van der Waals surface area (Å²) in [5.41, 5.74) is 0. The Labute approximate surface area is 75.6 Å². The van der Waals surface area contributed by atoms with Crippen molar-refractivity contribution < 1.29 is 0 Å². The Balaban J connectivity index is 3.38. The molecule has 0 heterocycles. The van der Waals surface area contributed by atoms with Gasteiger partial charge in [-0.15, -0.1) is 0 Å². The average molecular weight is 173 g/mol. The average Bonchev–Trinajstić information content (AvgIpc) is 1.82. The molecule has 0 spiro atoms. The van der Waals surface area contributed by atoms with Crippen molar-refractivity contribution in [1.29, 1.82) is 0 Å². The van der Waals surface area contributed by atoms with Crippen LogP contribution in [0.15, 0.2) is 0 Å². The maximum absolute atomic E-state index is 5.14. The zero-order valence-electron chi connectivity index (χ0n) is 7.98. The number of hydrogen-bond donors (Lipinski definition) is 1. The first-order valence-electron chi connectivity index (χ1n) is 4.29. The second kappa shape index (κ2) is 5.53. The summed E-state index contributed by atoms with van der Waals surface area (Å²) >= 11 is 5.14. The van der Waals surface area contributed by atoms with E-state index in [1.54, 1.807) is 0 Å². The van der Waals surface area contributed by atoms with Crippen molar-refractivity contribution in [2.75, 3.05) is 6.54 Å². The van der Waals surface area contributed by atoms with E-state index >= 15 is 0 Å². The summed E-state index contributed by atoms with van der Waals surface area (Å²) in [7, 11) is 0. The fourth-order valence-electron chi connectivity index (χ4n) is 0.761. The van der Waals surface area contributed by atoms with Gasteiger partial charge in [0.1, 0.15) is 0 Å². The fourth-order valence-corrected chi connectivity index (χ4v) is 1.18. The Morgan fingerprint density at radius 2 is 1.73 bits per heavy atom. The van der Waals surface area contributed by atoms with Crippen LogP contribution < -0.4 is 5.32 Å². The molecule has 11 heavy (non-hydrogen) atoms. The SMILES string of the molecule is CC(C)CNC(=S)CC(C)C. The van der Waals surface area contributed by atoms with Crippen LogP contribution in [0, 0.1) is 11.8 Å². The summed E-state index contributed by atoms with van der Waals surface area (Å²) in [5.74, 6) is 1.35. The van der Waals surface area contributed by atoms with Gasteiger partial charge < -0.3 is 5.32 Å². The van der Waals surface area contributed by atoms with Gasteiger partial charge in [0.15, 0.2) is 0 Å². The van der Waals surface area contributed by atoms with Crippen molar-refractivity contribution in [3.8, 4) is 0 Å². The molecule has 66 valence electrons. The molecule has 1 N–H and O–H groups in total. The molecule has 0 aromatic rings. The summed E-state index contributed by atoms with van der Waals surface area (Å²) in [4.78, 5) is 1.01. The van der Waals surface area contributed by atoms with Crippen LogP contribution in [0.3, 0.4) is 0 Å². The van der Waals surface area contributed by atoms with E-state index in [9.17, 15) is 0 Å². The monoisotopic (exact) mass is 173 g/mol. The molecule has 0 fully saturated rings. The van der Waals surface area contributed by atoms with E-state index in [-0.39, 0.29) is 0 Å². The molecule has 0 rings (SSSR count). The van der Waals surface area contributed by atoms with Gasteiger partial charge in [0.2, 0.25) is 0 Å². The van der Waals surface area contributed by atoms with Gasteiger partial charge in [-0.1, -0.05) is 39.9 Å². The molecule has 0 bridgehead atoms. The van der Waals surface area contributed by atoms with Crippen LogP contribution in [0.4, 0.5) is 0 Å². The molecule has 0 amide bonds. The highest BCUT2D eigenvalue weighted by Crippen LogP contribution is 2.00. The highest BCUT2D eigenvalue weighted by molar-refractivity contribution is 7.80. The van der Waals surface area contributed by atoms with E-state index in [0.29, 0.717) is 11.8 Å². The third kappa shape index (κ3) is 7.79. The van der Waals surface area contributed by atoms with Crippen molar-refractivity contribution in [3.05, 3.63) is 0 Å². The van der Waals surface area contributed by atoms with Crippen LogP contribution in [-0.4, -0.2) is 11.5 Å². The summed E-state index contributed by atoms with van der Waals surface area (Å²) in [6.07, 6.45) is 1.02. The van der Waals surface area contributed by atoms with Gasteiger partial charge in [-0.25, -0.2) is 0 Å². The molecule has 0 unspecified atom stereocenters. The second-order valence-electron chi connectivity index (χ2n) is 3.80. The highest BCUT2D eigenvalue weighted by atomic mass is 32.1. The van der Waals surface area contributed by atoms with Crippen molar-refractivity contribution in [1.82, 2.24) is 5.32 Å². The Kier molecular flexibility index (Phi) is 5.47. The molecule has 0 saturated heterocycles. The van der Waals surface area contributed by atoms with Crippen molar-refractivity contribution in [2.24, 2.45) is 11.8 Å². The molecule has 0 aromatic carbocycles. The van der Waals surface area contributed by atoms with Crippen molar-refractivity contribution in [3.63, 3.8) is 0 Å². The summed E-state index contributed by atoms with van der Waals surface area (Å²) in [6, 6.07) is 0. The van der Waals surface area contributed by atoms with Gasteiger partial charge >= 0.3 is 0 Å². The predicted molar refractivity (Wildman–Crippen MR) is 54.9 cm³/mol. The largest absolute Gasteiger partial charge is 0.379 e. The Morgan fingerprint density at radius 3 is 2.09 bits per heavy atom. The molecular formula is C9H19NS. The third-order valence-electron chi connectivity index (χ3n) is 1.30. The predicted octanol–water partition coefficient (Wildman–Crippen LogP) is 2.61. The molecular weight excluding hydrogens is 154 g/mol. The third-order valence-corrected chi connectivity index (χ3v) is 1.61. The Hall–Kier alpha value is -0.110. The van der Waals surface area contributed by atoms with Gasteiger partial charge in [0, 0.05) is 13.0 Å². The van der Waals surface area contributed by atoms with E-state index < -0.39 is 0 Å². The molecule has 0 atom stereocenters. The topological polar surface area (TPSA) is 12.0 Å². The summed E-state index contributed by atoms with van der Waals surface area (Å²) < 4.78 is 0. The fraction of sp³-hybridized carbons (Fsp3) is 0.889. The zero-order chi connectivity index (χ0) is 8.85. The van der Waals surface area contributed by atoms with Crippen LogP contribution in [0.25, 0.3) is 0 Å². The summed E-state index contributed by atoms with van der Waals surface area (Å²) in [5, 5.41) is 3.24. The molecule has 0 aromatic heterocycles. The second-order valence-corrected chi connectivity index (χ2v) is 4.29. The van der Waals surface area contributed by atoms with E-state index in [0.717, 1.165) is 18.0 Å². The normalized spacial score (nSPS) is 10.7. The Morgan fingerprint density at radius 1 is 1.18 bits per heavy atom. The summed E-state index contributed by atoms with van der Waals surface area (Å²) in [6.45, 7) is 9.74. The molecule has 0 aliphatic heterocycles. The number of rotatable bonds is 4. The number of nitrogens with one attached hydrogen (secondary N) is 1. The first kappa shape index (κ1) is 10.9. The highest BCUT2D eigenvalue weighted by Gasteiger charge is 2.00. The maximum atomic E-state index is 5.14. The molecule has 2 heteroatoms. The smallest absolute Gasteiger partial charge is 0.0756 e. The van der Waals surface area contributed by atoms with Crippen LogP contribution in [0.1, 0.15) is 34.1 Å². The minimum atomic E-state index is 0.669. The lowest BCUT2D eigenvalue weighted by molar-refractivity contribution is 0.610. The van der Waals surface area contributed by atoms with Crippen molar-refractivity contribution >= 4 is 17.2 Å². The quantitative estimate of drug-likeness (QED) is 0.656. The standard InChI is InChI=1S/C9H19NS/c1-7(2)5-9(11)10-6-8(3)4/h7-8H,5-6H2,1-4H3,(H,10,11). The lowest BCUT2D eigenvalue weighted by Crippen LogP contribution is -2.26. The minimum Gasteiger partial charge on any atom is -0.379 e. The molecule has 0 radical (unpaired) electrons. The van der Waals surface area contributed by atoms with Gasteiger partial charge in [-0.2, -0.15) is 0 Å². The van der Waals surface area contributed by atoms with Gasteiger partial charge in [0.25, 0.3) is 0 Å². The molecule has 0 aliphatic rings. The number of thiocarbonyl (C=S) groups is 1. The van der Waals surface area contributed by atoms with E-state index in [4.69, 9.17) is 12.2 Å². The van der Waals surface area contributed by atoms with Gasteiger partial charge in [-0.05, 0) is 11.8 Å². The lowest BCUT2D eigenvalue weighted by Gasteiger charge is -2.11. The molecule has 0 aliphatic carbocycles. The van der Waals surface area contributed by atoms with Gasteiger partial charge in [0.05, 0.1) is 4.99 Å². The lowest BCUT2D eigenvalue weighted by atomic mass is 10.1. The van der Waals surface area contributed by atoms with Crippen LogP contribution in [-0.2, 0) is 0 Å². The molecule has 0 saturated carbocycles. The van der Waals surface area contributed by atoms with Crippen LogP contribution >= 0.6 is 12.2 Å². The molecule has 1 nitrogen and oxygen atoms in total. The van der Waals surface area contributed by atoms with Crippen LogP contribution in [0.5, 0.6) is 0 Å². The Bertz CT molecular complexity index is 119. The van der Waals surface area contributed by atoms with E-state index in [1.807, 2.05) is 0 Å². The zero-order valence-corrected chi connectivity index (χ0v) is 8.79. The number of hydrogen-bond acceptors (Lipinski definition) is 1. The first-order valence-corrected chi connectivity index (χ1v) is 4.70. The minimum absolute atomic E-state index is 0.669. The van der Waals surface area contributed by atoms with Crippen LogP contribution in [0.2, 0.25) is 0 Å². The maximum Gasteiger partial charge on any atom is 0.0756 e. The van der Waals surface area contributed by atoms with Gasteiger partial charge in [-0.3, -0.25) is 0 Å².